The summed E-state index contributed by atoms with van der Waals surface area (Å²) >= 11 is 0. The fourth-order valence-electron chi connectivity index (χ4n) is 1.71. The molecule has 0 saturated heterocycles. The minimum absolute atomic E-state index is 0.0788. The van der Waals surface area contributed by atoms with Crippen LogP contribution in [0.4, 0.5) is 11.4 Å². The Morgan fingerprint density at radius 2 is 1.95 bits per heavy atom. The van der Waals surface area contributed by atoms with Gasteiger partial charge in [0.25, 0.3) is 5.69 Å². The average molecular weight is 260 g/mol. The van der Waals surface area contributed by atoms with Gasteiger partial charge in [-0.2, -0.15) is 0 Å². The number of hydrogen-bond acceptors (Lipinski definition) is 5. The van der Waals surface area contributed by atoms with E-state index >= 15 is 0 Å². The Bertz CT molecular complexity index is 646. The van der Waals surface area contributed by atoms with Gasteiger partial charge in [-0.25, -0.2) is 0 Å². The van der Waals surface area contributed by atoms with E-state index in [9.17, 15) is 14.9 Å². The van der Waals surface area contributed by atoms with Crippen LogP contribution in [0.2, 0.25) is 0 Å². The number of aromatic nitrogens is 1. The van der Waals surface area contributed by atoms with Crippen LogP contribution >= 0.6 is 0 Å². The lowest BCUT2D eigenvalue weighted by Crippen LogP contribution is -2.10. The highest BCUT2D eigenvalue weighted by Gasteiger charge is 2.13. The van der Waals surface area contributed by atoms with Gasteiger partial charge >= 0.3 is 0 Å². The molecule has 0 amide bonds. The fraction of sp³-hybridized carbons (Fsp3) is 0.0833. The van der Waals surface area contributed by atoms with Crippen molar-refractivity contribution in [2.24, 2.45) is 5.84 Å². The summed E-state index contributed by atoms with van der Waals surface area (Å²) in [6.07, 6.45) is 3.26. The van der Waals surface area contributed by atoms with E-state index in [1.54, 1.807) is 29.1 Å². The van der Waals surface area contributed by atoms with Crippen LogP contribution in [-0.2, 0) is 6.54 Å². The first kappa shape index (κ1) is 12.8. The zero-order valence-electron chi connectivity index (χ0n) is 9.95. The molecule has 1 aromatic heterocycles. The van der Waals surface area contributed by atoms with Crippen molar-refractivity contribution in [3.8, 4) is 0 Å². The molecule has 19 heavy (non-hydrogen) atoms. The van der Waals surface area contributed by atoms with Crippen LogP contribution in [0.5, 0.6) is 0 Å². The number of nitro groups is 1. The quantitative estimate of drug-likeness (QED) is 0.486. The molecule has 2 aromatic rings. The molecule has 0 aliphatic rings. The number of hydrazine groups is 1. The Kier molecular flexibility index (Phi) is 3.58. The van der Waals surface area contributed by atoms with Crippen molar-refractivity contribution in [1.82, 2.24) is 4.57 Å². The molecule has 2 rings (SSSR count). The molecule has 0 unspecified atom stereocenters. The number of rotatable bonds is 4. The van der Waals surface area contributed by atoms with Crippen molar-refractivity contribution < 1.29 is 4.92 Å². The number of pyridine rings is 1. The molecule has 3 N–H and O–H groups in total. The van der Waals surface area contributed by atoms with Crippen molar-refractivity contribution in [2.45, 2.75) is 6.54 Å². The maximum atomic E-state index is 11.0. The zero-order valence-corrected chi connectivity index (χ0v) is 9.95. The fourth-order valence-corrected chi connectivity index (χ4v) is 1.71. The highest BCUT2D eigenvalue weighted by atomic mass is 16.6. The monoisotopic (exact) mass is 260 g/mol. The molecule has 98 valence electrons. The summed E-state index contributed by atoms with van der Waals surface area (Å²) in [6.45, 7) is 0.436. The number of benzene rings is 1. The number of nitrogens with two attached hydrogens (primary N) is 1. The molecule has 0 atom stereocenters. The van der Waals surface area contributed by atoms with Gasteiger partial charge in [-0.05, 0) is 11.6 Å². The van der Waals surface area contributed by atoms with Gasteiger partial charge in [0.1, 0.15) is 5.69 Å². The lowest BCUT2D eigenvalue weighted by Gasteiger charge is -2.07. The summed E-state index contributed by atoms with van der Waals surface area (Å²) in [7, 11) is 0. The molecule has 7 heteroatoms. The van der Waals surface area contributed by atoms with E-state index in [1.165, 1.54) is 18.2 Å². The highest BCUT2D eigenvalue weighted by Crippen LogP contribution is 2.24. The van der Waals surface area contributed by atoms with E-state index in [0.29, 0.717) is 6.54 Å². The molecule has 7 nitrogen and oxygen atoms in total. The van der Waals surface area contributed by atoms with E-state index in [2.05, 4.69) is 5.43 Å². The summed E-state index contributed by atoms with van der Waals surface area (Å²) in [5.74, 6) is 5.21. The number of nitro benzene ring substituents is 1. The summed E-state index contributed by atoms with van der Waals surface area (Å²) in [5.41, 5.74) is 3.13. The van der Waals surface area contributed by atoms with E-state index in [0.717, 1.165) is 5.56 Å². The number of nitrogens with zero attached hydrogens (tertiary/aromatic N) is 2. The van der Waals surface area contributed by atoms with Crippen LogP contribution in [0.1, 0.15) is 5.56 Å². The largest absolute Gasteiger partial charge is 0.350 e. The molecular weight excluding hydrogens is 248 g/mol. The van der Waals surface area contributed by atoms with Gasteiger partial charge in [-0.1, -0.05) is 6.07 Å². The van der Waals surface area contributed by atoms with Gasteiger partial charge < -0.3 is 9.99 Å². The van der Waals surface area contributed by atoms with Crippen LogP contribution < -0.4 is 16.7 Å². The second kappa shape index (κ2) is 5.32. The molecule has 0 bridgehead atoms. The lowest BCUT2D eigenvalue weighted by molar-refractivity contribution is -0.384. The minimum atomic E-state index is -0.496. The second-order valence-electron chi connectivity index (χ2n) is 3.96. The first-order chi connectivity index (χ1) is 9.10. The van der Waals surface area contributed by atoms with Gasteiger partial charge in [0.15, 0.2) is 5.43 Å². The lowest BCUT2D eigenvalue weighted by atomic mass is 10.1. The van der Waals surface area contributed by atoms with Crippen LogP contribution in [0.25, 0.3) is 0 Å². The van der Waals surface area contributed by atoms with Gasteiger partial charge in [0, 0.05) is 37.1 Å². The Hall–Kier alpha value is -2.67. The number of nitrogens with one attached hydrogen (secondary N) is 1. The molecule has 0 radical (unpaired) electrons. The third kappa shape index (κ3) is 2.96. The topological polar surface area (TPSA) is 103 Å². The molecule has 1 heterocycles. The minimum Gasteiger partial charge on any atom is -0.350 e. The normalized spacial score (nSPS) is 10.2. The third-order valence-electron chi connectivity index (χ3n) is 2.64. The van der Waals surface area contributed by atoms with E-state index < -0.39 is 4.92 Å². The Labute approximate surface area is 108 Å². The van der Waals surface area contributed by atoms with Gasteiger partial charge in [0.2, 0.25) is 0 Å². The zero-order chi connectivity index (χ0) is 13.8. The van der Waals surface area contributed by atoms with E-state index in [-0.39, 0.29) is 16.8 Å². The third-order valence-corrected chi connectivity index (χ3v) is 2.64. The van der Waals surface area contributed by atoms with Crippen molar-refractivity contribution in [1.29, 1.82) is 0 Å². The summed E-state index contributed by atoms with van der Waals surface area (Å²) < 4.78 is 1.76. The maximum Gasteiger partial charge on any atom is 0.293 e. The Balaban J connectivity index is 2.30. The second-order valence-corrected chi connectivity index (χ2v) is 3.96. The molecule has 1 aromatic carbocycles. The molecule has 0 aliphatic heterocycles. The number of nitrogen functional groups attached to an aromatic ring is 1. The SMILES string of the molecule is NNc1ccc(Cn2ccc(=O)cc2)cc1[N+](=O)[O-]. The molecule has 0 aliphatic carbocycles. The first-order valence-electron chi connectivity index (χ1n) is 5.50. The van der Waals surface area contributed by atoms with Crippen molar-refractivity contribution in [3.05, 3.63) is 68.6 Å². The van der Waals surface area contributed by atoms with Crippen LogP contribution in [0, 0.1) is 10.1 Å². The number of anilines is 1. The van der Waals surface area contributed by atoms with E-state index in [4.69, 9.17) is 5.84 Å². The molecule has 0 fully saturated rings. The molecule has 0 spiro atoms. The number of hydrogen-bond donors (Lipinski definition) is 2. The highest BCUT2D eigenvalue weighted by molar-refractivity contribution is 5.61. The van der Waals surface area contributed by atoms with Crippen LogP contribution in [-0.4, -0.2) is 9.49 Å². The first-order valence-corrected chi connectivity index (χ1v) is 5.50. The maximum absolute atomic E-state index is 11.0. The van der Waals surface area contributed by atoms with E-state index in [1.807, 2.05) is 0 Å². The Morgan fingerprint density at radius 3 is 2.53 bits per heavy atom. The van der Waals surface area contributed by atoms with Crippen molar-refractivity contribution in [2.75, 3.05) is 5.43 Å². The van der Waals surface area contributed by atoms with Gasteiger partial charge in [-0.3, -0.25) is 20.8 Å². The van der Waals surface area contributed by atoms with Crippen LogP contribution in [0.15, 0.2) is 47.5 Å². The average Bonchev–Trinajstić information content (AvgIpc) is 2.41. The predicted octanol–water partition coefficient (Wildman–Crippen LogP) is 1.09. The van der Waals surface area contributed by atoms with Crippen molar-refractivity contribution >= 4 is 11.4 Å². The smallest absolute Gasteiger partial charge is 0.293 e. The van der Waals surface area contributed by atoms with Crippen molar-refractivity contribution in [3.63, 3.8) is 0 Å². The van der Waals surface area contributed by atoms with Crippen LogP contribution in [0.3, 0.4) is 0 Å². The molecular formula is C12H12N4O3. The summed E-state index contributed by atoms with van der Waals surface area (Å²) in [6, 6.07) is 7.61. The predicted molar refractivity (Wildman–Crippen MR) is 70.7 cm³/mol. The summed E-state index contributed by atoms with van der Waals surface area (Å²) in [4.78, 5) is 21.4. The van der Waals surface area contributed by atoms with Gasteiger partial charge in [-0.15, -0.1) is 0 Å². The van der Waals surface area contributed by atoms with Gasteiger partial charge in [0.05, 0.1) is 4.92 Å². The Morgan fingerprint density at radius 1 is 1.26 bits per heavy atom. The standard InChI is InChI=1S/C12H12N4O3/c13-14-11-2-1-9(7-12(11)16(18)19)8-15-5-3-10(17)4-6-15/h1-7,14H,8,13H2. The summed E-state index contributed by atoms with van der Waals surface area (Å²) in [5, 5.41) is 10.9. The molecule has 0 saturated carbocycles.